The Hall–Kier alpha value is -2.27. The van der Waals surface area contributed by atoms with Crippen molar-refractivity contribution in [2.75, 3.05) is 30.7 Å². The highest BCUT2D eigenvalue weighted by atomic mass is 32.2. The van der Waals surface area contributed by atoms with E-state index in [1.165, 1.54) is 19.1 Å². The lowest BCUT2D eigenvalue weighted by molar-refractivity contribution is -0.141. The molecule has 0 atom stereocenters. The Morgan fingerprint density at radius 1 is 1.27 bits per heavy atom. The number of nitrogens with zero attached hydrogens (tertiary/aromatic N) is 2. The number of sulfonamides is 1. The Morgan fingerprint density at radius 2 is 1.93 bits per heavy atom. The topological polar surface area (TPSA) is 189 Å². The average Bonchev–Trinajstić information content (AvgIpc) is 2.61. The van der Waals surface area contributed by atoms with E-state index in [1.807, 2.05) is 4.72 Å². The number of aliphatic imine (C=N–C) groups is 1. The number of ether oxygens (including phenoxy) is 1. The second-order valence-corrected chi connectivity index (χ2v) is 10.6. The van der Waals surface area contributed by atoms with Crippen molar-refractivity contribution in [3.8, 4) is 0 Å². The molecule has 0 radical (unpaired) electrons. The minimum Gasteiger partial charge on any atom is -0.748 e. The summed E-state index contributed by atoms with van der Waals surface area (Å²) >= 11 is 0. The number of rotatable bonds is 9. The highest BCUT2D eigenvalue weighted by molar-refractivity contribution is 7.90. The molecule has 13 nitrogen and oxygen atoms in total. The predicted molar refractivity (Wildman–Crippen MR) is 103 cm³/mol. The van der Waals surface area contributed by atoms with Crippen molar-refractivity contribution in [1.29, 1.82) is 0 Å². The molecule has 1 aliphatic rings. The van der Waals surface area contributed by atoms with Crippen molar-refractivity contribution in [2.45, 2.75) is 18.2 Å². The van der Waals surface area contributed by atoms with E-state index in [1.54, 1.807) is 0 Å². The van der Waals surface area contributed by atoms with E-state index in [4.69, 9.17) is 4.74 Å². The fraction of sp³-hybridized carbons (Fsp3) is 0.429. The smallest absolute Gasteiger partial charge is 0.359 e. The molecule has 0 saturated carbocycles. The second kappa shape index (κ2) is 8.84. The predicted octanol–water partition coefficient (Wildman–Crippen LogP) is -0.478. The van der Waals surface area contributed by atoms with Crippen molar-refractivity contribution >= 4 is 53.6 Å². The van der Waals surface area contributed by atoms with Crippen molar-refractivity contribution in [1.82, 2.24) is 4.31 Å². The Morgan fingerprint density at radius 3 is 2.50 bits per heavy atom. The molecule has 1 aromatic carbocycles. The molecule has 0 aromatic heterocycles. The van der Waals surface area contributed by atoms with Crippen LogP contribution in [0, 0.1) is 0 Å². The van der Waals surface area contributed by atoms with Gasteiger partial charge in [-0.25, -0.2) is 21.8 Å². The number of hydrogen-bond donors (Lipinski definition) is 1. The highest BCUT2D eigenvalue weighted by Gasteiger charge is 2.35. The third-order valence-corrected chi connectivity index (χ3v) is 7.14. The van der Waals surface area contributed by atoms with Crippen molar-refractivity contribution in [3.63, 3.8) is 0 Å². The standard InChI is InChI=1S/C14H19N3O10S3/c1-3-27-14(18)9-13-15-11-5-4-10(16-30(24,25)26-2)8-12(11)29(22,23)17(13)6-7-28(19,20)21/h4-5,8,16H,3,6-7,9H2,1-2H3,(H,19,20,21)/p-1. The van der Waals surface area contributed by atoms with Crippen LogP contribution in [0.3, 0.4) is 0 Å². The van der Waals surface area contributed by atoms with E-state index in [0.29, 0.717) is 4.31 Å². The van der Waals surface area contributed by atoms with Crippen LogP contribution in [0.1, 0.15) is 13.3 Å². The van der Waals surface area contributed by atoms with Crippen LogP contribution in [-0.4, -0.2) is 71.9 Å². The molecule has 0 bridgehead atoms. The first-order valence-electron chi connectivity index (χ1n) is 8.21. The molecule has 2 rings (SSSR count). The molecule has 0 spiro atoms. The van der Waals surface area contributed by atoms with Crippen LogP contribution in [-0.2, 0) is 44.2 Å². The maximum atomic E-state index is 13.0. The van der Waals surface area contributed by atoms with E-state index in [9.17, 15) is 34.6 Å². The molecule has 0 unspecified atom stereocenters. The summed E-state index contributed by atoms with van der Waals surface area (Å²) in [6.07, 6.45) is -0.594. The van der Waals surface area contributed by atoms with Crippen molar-refractivity contribution < 1.29 is 43.5 Å². The normalized spacial score (nSPS) is 15.8. The molecular formula is C14H18N3O10S3-. The van der Waals surface area contributed by atoms with Gasteiger partial charge in [-0.05, 0) is 25.1 Å². The molecule has 0 aliphatic carbocycles. The number of esters is 1. The number of benzene rings is 1. The molecule has 16 heteroatoms. The van der Waals surface area contributed by atoms with Gasteiger partial charge in [0.25, 0.3) is 10.0 Å². The minimum atomic E-state index is -4.78. The van der Waals surface area contributed by atoms with E-state index < -0.39 is 60.0 Å². The summed E-state index contributed by atoms with van der Waals surface area (Å²) in [5.41, 5.74) is -0.282. The minimum absolute atomic E-state index is 0.0212. The van der Waals surface area contributed by atoms with Gasteiger partial charge in [-0.1, -0.05) is 0 Å². The van der Waals surface area contributed by atoms with Gasteiger partial charge < -0.3 is 9.29 Å². The fourth-order valence-corrected chi connectivity index (χ4v) is 5.05. The van der Waals surface area contributed by atoms with Crippen molar-refractivity contribution in [3.05, 3.63) is 18.2 Å². The van der Waals surface area contributed by atoms with Crippen LogP contribution in [0.25, 0.3) is 0 Å². The lowest BCUT2D eigenvalue weighted by atomic mass is 10.3. The van der Waals surface area contributed by atoms with E-state index in [0.717, 1.165) is 13.2 Å². The first-order chi connectivity index (χ1) is 13.8. The van der Waals surface area contributed by atoms with Gasteiger partial charge in [-0.3, -0.25) is 18.0 Å². The molecule has 1 aliphatic heterocycles. The average molecular weight is 485 g/mol. The summed E-state index contributed by atoms with van der Waals surface area (Å²) < 4.78 is 93.7. The first kappa shape index (κ1) is 24.0. The summed E-state index contributed by atoms with van der Waals surface area (Å²) in [6.45, 7) is 0.768. The number of carbonyl (C=O) groups excluding carboxylic acids is 1. The summed E-state index contributed by atoms with van der Waals surface area (Å²) in [7, 11) is -12.6. The molecular weight excluding hydrogens is 466 g/mol. The molecule has 1 aromatic rings. The maximum absolute atomic E-state index is 13.0. The Bertz CT molecular complexity index is 1170. The Kier molecular flexibility index (Phi) is 7.08. The third kappa shape index (κ3) is 5.88. The van der Waals surface area contributed by atoms with E-state index in [-0.39, 0.29) is 23.8 Å². The van der Waals surface area contributed by atoms with E-state index >= 15 is 0 Å². The lowest BCUT2D eigenvalue weighted by Crippen LogP contribution is -2.42. The van der Waals surface area contributed by atoms with Crippen LogP contribution in [0.15, 0.2) is 28.1 Å². The number of hydrogen-bond acceptors (Lipinski definition) is 11. The van der Waals surface area contributed by atoms with Crippen LogP contribution >= 0.6 is 0 Å². The summed E-state index contributed by atoms with van der Waals surface area (Å²) in [5, 5.41) is 0. The van der Waals surface area contributed by atoms with E-state index in [2.05, 4.69) is 9.18 Å². The van der Waals surface area contributed by atoms with Gasteiger partial charge in [-0.15, -0.1) is 0 Å². The van der Waals surface area contributed by atoms with Gasteiger partial charge in [0.05, 0.1) is 41.0 Å². The largest absolute Gasteiger partial charge is 0.748 e. The number of anilines is 1. The fourth-order valence-electron chi connectivity index (χ4n) is 2.43. The number of nitrogens with one attached hydrogen (secondary N) is 1. The first-order valence-corrected chi connectivity index (χ1v) is 12.6. The second-order valence-electron chi connectivity index (χ2n) is 5.75. The number of amidine groups is 1. The number of carbonyl (C=O) groups is 1. The van der Waals surface area contributed by atoms with Gasteiger partial charge >= 0.3 is 16.3 Å². The zero-order valence-electron chi connectivity index (χ0n) is 15.8. The lowest BCUT2D eigenvalue weighted by Gasteiger charge is -2.30. The summed E-state index contributed by atoms with van der Waals surface area (Å²) in [4.78, 5) is 15.4. The highest BCUT2D eigenvalue weighted by Crippen LogP contribution is 2.35. The van der Waals surface area contributed by atoms with Gasteiger partial charge in [0, 0.05) is 6.54 Å². The summed E-state index contributed by atoms with van der Waals surface area (Å²) in [5.74, 6) is -2.22. The third-order valence-electron chi connectivity index (χ3n) is 3.68. The van der Waals surface area contributed by atoms with Crippen LogP contribution in [0.5, 0.6) is 0 Å². The molecule has 1 heterocycles. The monoisotopic (exact) mass is 484 g/mol. The van der Waals surface area contributed by atoms with Crippen LogP contribution in [0.2, 0.25) is 0 Å². The molecule has 0 fully saturated rings. The maximum Gasteiger partial charge on any atom is 0.359 e. The zero-order valence-corrected chi connectivity index (χ0v) is 18.2. The Balaban J connectivity index is 2.54. The van der Waals surface area contributed by atoms with Gasteiger partial charge in [0.15, 0.2) is 0 Å². The zero-order chi connectivity index (χ0) is 22.7. The van der Waals surface area contributed by atoms with Gasteiger partial charge in [0.2, 0.25) is 0 Å². The molecule has 168 valence electrons. The number of fused-ring (bicyclic) bond motifs is 1. The van der Waals surface area contributed by atoms with Crippen LogP contribution < -0.4 is 4.72 Å². The van der Waals surface area contributed by atoms with Gasteiger partial charge in [0.1, 0.15) is 17.2 Å². The molecule has 1 N–H and O–H groups in total. The van der Waals surface area contributed by atoms with Crippen LogP contribution in [0.4, 0.5) is 11.4 Å². The Labute approximate surface area is 173 Å². The van der Waals surface area contributed by atoms with Crippen molar-refractivity contribution in [2.24, 2.45) is 4.99 Å². The van der Waals surface area contributed by atoms with Gasteiger partial charge in [-0.2, -0.15) is 8.42 Å². The molecule has 0 amide bonds. The molecule has 30 heavy (non-hydrogen) atoms. The summed E-state index contributed by atoms with van der Waals surface area (Å²) in [6, 6.07) is 3.35. The SMILES string of the molecule is CCOC(=O)CC1=Nc2ccc(NS(=O)(=O)OC)cc2S(=O)(=O)N1CCS(=O)(=O)[O-]. The molecule has 0 saturated heterocycles. The quantitative estimate of drug-likeness (QED) is 0.354.